The first-order valence-corrected chi connectivity index (χ1v) is 9.67. The summed E-state index contributed by atoms with van der Waals surface area (Å²) in [5.74, 6) is -2.24. The Hall–Kier alpha value is -2.20. The summed E-state index contributed by atoms with van der Waals surface area (Å²) in [7, 11) is 0. The van der Waals surface area contributed by atoms with Crippen LogP contribution in [0.5, 0.6) is 0 Å². The minimum atomic E-state index is -1.11. The zero-order valence-corrected chi connectivity index (χ0v) is 17.6. The van der Waals surface area contributed by atoms with Gasteiger partial charge in [-0.05, 0) is 6.42 Å². The van der Waals surface area contributed by atoms with Crippen LogP contribution in [0.15, 0.2) is 0 Å². The second-order valence-corrected chi connectivity index (χ2v) is 6.80. The van der Waals surface area contributed by atoms with Gasteiger partial charge in [-0.25, -0.2) is 0 Å². The van der Waals surface area contributed by atoms with Crippen LogP contribution in [0.2, 0.25) is 0 Å². The Kier molecular flexibility index (Phi) is 10.6. The van der Waals surface area contributed by atoms with Gasteiger partial charge in [0.2, 0.25) is 5.91 Å². The minimum Gasteiger partial charge on any atom is -0.463 e. The molecule has 0 unspecified atom stereocenters. The molecule has 166 valence electrons. The summed E-state index contributed by atoms with van der Waals surface area (Å²) < 4.78 is 27.4. The predicted molar refractivity (Wildman–Crippen MR) is 99.5 cm³/mol. The van der Waals surface area contributed by atoms with Gasteiger partial charge in [0.1, 0.15) is 18.8 Å². The molecule has 0 bridgehead atoms. The lowest BCUT2D eigenvalue weighted by Crippen LogP contribution is -2.66. The first kappa shape index (κ1) is 24.8. The van der Waals surface area contributed by atoms with Crippen LogP contribution in [-0.4, -0.2) is 67.7 Å². The Bertz CT molecular complexity index is 580. The number of unbranched alkanes of at least 4 members (excludes halogenated alkanes) is 2. The summed E-state index contributed by atoms with van der Waals surface area (Å²) >= 11 is 0. The Balaban J connectivity index is 3.17. The van der Waals surface area contributed by atoms with E-state index in [0.717, 1.165) is 19.3 Å². The topological polar surface area (TPSA) is 126 Å². The molecule has 0 aromatic carbocycles. The third kappa shape index (κ3) is 8.78. The number of rotatable bonds is 10. The van der Waals surface area contributed by atoms with Gasteiger partial charge in [0.25, 0.3) is 0 Å². The van der Waals surface area contributed by atoms with Crippen LogP contribution in [-0.2, 0) is 42.9 Å². The van der Waals surface area contributed by atoms with Gasteiger partial charge in [0.05, 0.1) is 0 Å². The number of amides is 1. The van der Waals surface area contributed by atoms with Crippen molar-refractivity contribution in [1.82, 2.24) is 5.32 Å². The number of ether oxygens (including phenoxy) is 5. The summed E-state index contributed by atoms with van der Waals surface area (Å²) in [5.41, 5.74) is 0. The van der Waals surface area contributed by atoms with E-state index in [0.29, 0.717) is 6.61 Å². The van der Waals surface area contributed by atoms with E-state index in [4.69, 9.17) is 23.7 Å². The molecule has 0 aromatic heterocycles. The number of esters is 3. The standard InChI is InChI=1S/C19H31NO9/c1-6-7-8-9-25-19-16(20-11(2)21)18(28-14(5)24)17(27-13(4)23)15(29-19)10-26-12(3)22/h15-19H,6-10H2,1-5H3,(H,20,21)/t15-,16-,17+,18-,19-/m1/s1. The maximum atomic E-state index is 11.8. The summed E-state index contributed by atoms with van der Waals surface area (Å²) in [4.78, 5) is 46.3. The number of carbonyl (C=O) groups is 4. The molecule has 10 heteroatoms. The van der Waals surface area contributed by atoms with Gasteiger partial charge in [0.15, 0.2) is 18.5 Å². The van der Waals surface area contributed by atoms with Crippen molar-refractivity contribution in [3.63, 3.8) is 0 Å². The Morgan fingerprint density at radius 3 is 2.03 bits per heavy atom. The lowest BCUT2D eigenvalue weighted by Gasteiger charge is -2.44. The average Bonchev–Trinajstić information content (AvgIpc) is 2.60. The average molecular weight is 417 g/mol. The largest absolute Gasteiger partial charge is 0.463 e. The maximum Gasteiger partial charge on any atom is 0.303 e. The highest BCUT2D eigenvalue weighted by molar-refractivity contribution is 5.73. The van der Waals surface area contributed by atoms with Gasteiger partial charge in [0, 0.05) is 34.3 Å². The van der Waals surface area contributed by atoms with Crippen molar-refractivity contribution < 1.29 is 42.9 Å². The van der Waals surface area contributed by atoms with Crippen molar-refractivity contribution in [2.75, 3.05) is 13.2 Å². The quantitative estimate of drug-likeness (QED) is 0.313. The van der Waals surface area contributed by atoms with Crippen LogP contribution in [0.25, 0.3) is 0 Å². The Morgan fingerprint density at radius 2 is 1.52 bits per heavy atom. The van der Waals surface area contributed by atoms with Crippen LogP contribution in [0.4, 0.5) is 0 Å². The van der Waals surface area contributed by atoms with Crippen LogP contribution < -0.4 is 5.32 Å². The van der Waals surface area contributed by atoms with E-state index in [1.54, 1.807) is 0 Å². The third-order valence-corrected chi connectivity index (χ3v) is 4.10. The molecule has 29 heavy (non-hydrogen) atoms. The van der Waals surface area contributed by atoms with Crippen molar-refractivity contribution in [2.24, 2.45) is 0 Å². The zero-order valence-electron chi connectivity index (χ0n) is 17.6. The number of hydrogen-bond acceptors (Lipinski definition) is 9. The third-order valence-electron chi connectivity index (χ3n) is 4.10. The Labute approximate surface area is 170 Å². The van der Waals surface area contributed by atoms with Gasteiger partial charge in [-0.2, -0.15) is 0 Å². The van der Waals surface area contributed by atoms with Crippen molar-refractivity contribution in [3.8, 4) is 0 Å². The predicted octanol–water partition coefficient (Wildman–Crippen LogP) is 0.849. The summed E-state index contributed by atoms with van der Waals surface area (Å²) in [6.07, 6.45) is -1.44. The van der Waals surface area contributed by atoms with E-state index >= 15 is 0 Å². The van der Waals surface area contributed by atoms with Crippen LogP contribution in [0.3, 0.4) is 0 Å². The Morgan fingerprint density at radius 1 is 0.897 bits per heavy atom. The summed E-state index contributed by atoms with van der Waals surface area (Å²) in [6, 6.07) is -0.920. The number of hydrogen-bond donors (Lipinski definition) is 1. The highest BCUT2D eigenvalue weighted by atomic mass is 16.7. The molecule has 1 amide bonds. The molecule has 0 aromatic rings. The van der Waals surface area contributed by atoms with Gasteiger partial charge in [-0.1, -0.05) is 19.8 Å². The molecule has 1 aliphatic rings. The monoisotopic (exact) mass is 417 g/mol. The molecule has 5 atom stereocenters. The van der Waals surface area contributed by atoms with Gasteiger partial charge in [-0.15, -0.1) is 0 Å². The molecule has 1 heterocycles. The molecule has 0 radical (unpaired) electrons. The van der Waals surface area contributed by atoms with Crippen LogP contribution >= 0.6 is 0 Å². The second-order valence-electron chi connectivity index (χ2n) is 6.80. The van der Waals surface area contributed by atoms with Crippen LogP contribution in [0.1, 0.15) is 53.9 Å². The molecule has 0 aliphatic carbocycles. The van der Waals surface area contributed by atoms with Crippen molar-refractivity contribution in [2.45, 2.75) is 84.5 Å². The SMILES string of the molecule is CCCCCO[C@@H]1O[C@H](COC(C)=O)[C@H](OC(C)=O)[C@H](OC(C)=O)[C@H]1NC(C)=O. The number of nitrogens with one attached hydrogen (secondary N) is 1. The molecular weight excluding hydrogens is 386 g/mol. The van der Waals surface area contributed by atoms with E-state index in [-0.39, 0.29) is 6.61 Å². The lowest BCUT2D eigenvalue weighted by molar-refractivity contribution is -0.277. The molecule has 10 nitrogen and oxygen atoms in total. The normalized spacial score (nSPS) is 26.3. The highest BCUT2D eigenvalue weighted by Gasteiger charge is 2.51. The van der Waals surface area contributed by atoms with Crippen molar-refractivity contribution in [1.29, 1.82) is 0 Å². The lowest BCUT2D eigenvalue weighted by atomic mass is 9.96. The fourth-order valence-corrected chi connectivity index (χ4v) is 2.98. The molecule has 1 aliphatic heterocycles. The number of carbonyl (C=O) groups excluding carboxylic acids is 4. The molecule has 1 fully saturated rings. The van der Waals surface area contributed by atoms with E-state index in [1.165, 1.54) is 27.7 Å². The minimum absolute atomic E-state index is 0.243. The molecule has 1 saturated heterocycles. The smallest absolute Gasteiger partial charge is 0.303 e. The van der Waals surface area contributed by atoms with Crippen molar-refractivity contribution in [3.05, 3.63) is 0 Å². The summed E-state index contributed by atoms with van der Waals surface area (Å²) in [6.45, 7) is 7.06. The first-order chi connectivity index (χ1) is 13.6. The van der Waals surface area contributed by atoms with E-state index in [9.17, 15) is 19.2 Å². The van der Waals surface area contributed by atoms with E-state index in [2.05, 4.69) is 5.32 Å². The summed E-state index contributed by atoms with van der Waals surface area (Å²) in [5, 5.41) is 2.65. The zero-order chi connectivity index (χ0) is 22.0. The molecule has 1 N–H and O–H groups in total. The van der Waals surface area contributed by atoms with Gasteiger partial charge in [-0.3, -0.25) is 19.2 Å². The fraction of sp³-hybridized carbons (Fsp3) is 0.789. The van der Waals surface area contributed by atoms with Gasteiger partial charge < -0.3 is 29.0 Å². The van der Waals surface area contributed by atoms with E-state index < -0.39 is 54.5 Å². The van der Waals surface area contributed by atoms with Gasteiger partial charge >= 0.3 is 17.9 Å². The molecule has 0 saturated carbocycles. The fourth-order valence-electron chi connectivity index (χ4n) is 2.98. The first-order valence-electron chi connectivity index (χ1n) is 9.67. The highest BCUT2D eigenvalue weighted by Crippen LogP contribution is 2.28. The second kappa shape index (κ2) is 12.4. The molecular formula is C19H31NO9. The van der Waals surface area contributed by atoms with Crippen LogP contribution in [0, 0.1) is 0 Å². The molecule has 1 rings (SSSR count). The van der Waals surface area contributed by atoms with E-state index in [1.807, 2.05) is 6.92 Å². The maximum absolute atomic E-state index is 11.8. The van der Waals surface area contributed by atoms with Crippen molar-refractivity contribution >= 4 is 23.8 Å². The molecule has 0 spiro atoms.